The van der Waals surface area contributed by atoms with E-state index in [1.54, 1.807) is 6.92 Å². The van der Waals surface area contributed by atoms with Gasteiger partial charge in [-0.3, -0.25) is 0 Å². The molecule has 0 aliphatic carbocycles. The summed E-state index contributed by atoms with van der Waals surface area (Å²) in [7, 11) is -0.240. The molecule has 1 saturated heterocycles. The number of rotatable bonds is 4. The molecule has 1 fully saturated rings. The molecule has 0 amide bonds. The number of halogens is 1. The third kappa shape index (κ3) is 34.7. The number of nitrogens with zero attached hydrogens (tertiary/aromatic N) is 6. The zero-order valence-corrected chi connectivity index (χ0v) is 81.4. The molecule has 0 atom stereocenters. The monoisotopic (exact) mass is 1720 g/mol. The third-order valence-electron chi connectivity index (χ3n) is 16.3. The van der Waals surface area contributed by atoms with Crippen LogP contribution in [-0.4, -0.2) is 48.2 Å². The van der Waals surface area contributed by atoms with E-state index in [0.29, 0.717) is 29.1 Å². The fraction of sp³-hybridized carbons (Fsp3) is 0.389. The minimum absolute atomic E-state index is 0. The van der Waals surface area contributed by atoms with Crippen LogP contribution in [0.3, 0.4) is 0 Å². The highest BCUT2D eigenvalue weighted by atomic mass is 35.5. The minimum atomic E-state index is -0.256. The van der Waals surface area contributed by atoms with Crippen molar-refractivity contribution in [3.63, 3.8) is 0 Å². The lowest BCUT2D eigenvalue weighted by molar-refractivity contribution is 0.00578. The second-order valence-corrected chi connectivity index (χ2v) is 25.5. The normalized spacial score (nSPS) is 10.5. The number of hydrogen-bond acceptors (Lipinski definition) is 12. The van der Waals surface area contributed by atoms with Crippen LogP contribution < -0.4 is 5.46 Å². The van der Waals surface area contributed by atoms with Crippen LogP contribution in [0.5, 0.6) is 0 Å². The number of furan rings is 2. The van der Waals surface area contributed by atoms with Crippen LogP contribution in [0.2, 0.25) is 5.28 Å². The lowest BCUT2D eigenvalue weighted by atomic mass is 9.79. The smallest absolute Gasteiger partial charge is 0.456 e. The Kier molecular flexibility index (Phi) is 70.8. The summed E-state index contributed by atoms with van der Waals surface area (Å²) in [6.07, 6.45) is 0. The predicted octanol–water partition coefficient (Wildman–Crippen LogP) is 37.4. The molecule has 14 heteroatoms. The second-order valence-electron chi connectivity index (χ2n) is 23.1. The Morgan fingerprint density at radius 3 is 0.918 bits per heavy atom. The number of thiophene rings is 2. The molecule has 1 aliphatic rings. The van der Waals surface area contributed by atoms with Crippen LogP contribution in [-0.2, 0) is 9.31 Å². The van der Waals surface area contributed by atoms with E-state index in [9.17, 15) is 0 Å². The van der Waals surface area contributed by atoms with E-state index < -0.39 is 0 Å². The molecule has 0 unspecified atom stereocenters. The summed E-state index contributed by atoms with van der Waals surface area (Å²) in [4.78, 5) is 26.1. The van der Waals surface area contributed by atoms with Gasteiger partial charge in [-0.1, -0.05) is 406 Å². The van der Waals surface area contributed by atoms with Crippen LogP contribution in [0.15, 0.2) is 239 Å². The van der Waals surface area contributed by atoms with Gasteiger partial charge in [-0.05, 0) is 132 Å². The lowest BCUT2D eigenvalue weighted by Crippen LogP contribution is -2.41. The van der Waals surface area contributed by atoms with Crippen molar-refractivity contribution in [2.75, 3.05) is 0 Å². The topological polar surface area (TPSA) is 122 Å². The summed E-state index contributed by atoms with van der Waals surface area (Å²) in [6, 6.07) is 78.3. The number of benzene rings is 10. The molecule has 0 bridgehead atoms. The SMILES string of the molecule is C.C.C.C.CC.CC.CC.CC.CC.CC.CC.CC.CC.CC.CC.CC.CC.CC.CC1(C)OB(c2ccccc2)OC1(C)C.Cc1cccc2c1sc1ccccc12.Cc1cccc2c1sc1ccccc12.Cc1nc(-c2ccccc2)nc(-c2ccc3c(c2)oc2ccccc23)n1.Cc1nc(Cl)nc(-c2ccc3c(c2)oc2ccccc23)n1. The zero-order chi connectivity index (χ0) is 90.1. The Labute approximate surface area is 756 Å². The van der Waals surface area contributed by atoms with Gasteiger partial charge >= 0.3 is 7.12 Å². The molecule has 10 aromatic carbocycles. The molecule has 17 rings (SSSR count). The van der Waals surface area contributed by atoms with E-state index in [-0.39, 0.29) is 53.3 Å². The fourth-order valence-corrected chi connectivity index (χ4v) is 13.5. The van der Waals surface area contributed by atoms with Gasteiger partial charge in [0.25, 0.3) is 0 Å². The van der Waals surface area contributed by atoms with Gasteiger partial charge in [0.2, 0.25) is 5.28 Å². The number of aryl methyl sites for hydroxylation is 4. The summed E-state index contributed by atoms with van der Waals surface area (Å²) < 4.78 is 29.3. The molecule has 670 valence electrons. The quantitative estimate of drug-likeness (QED) is 0.157. The number of para-hydroxylation sites is 2. The molecule has 0 spiro atoms. The van der Waals surface area contributed by atoms with Gasteiger partial charge in [-0.2, -0.15) is 4.98 Å². The van der Waals surface area contributed by atoms with E-state index in [2.05, 4.69) is 169 Å². The van der Waals surface area contributed by atoms with Gasteiger partial charge < -0.3 is 18.1 Å². The summed E-state index contributed by atoms with van der Waals surface area (Å²) in [5.74, 6) is 3.17. The Morgan fingerprint density at radius 2 is 0.557 bits per heavy atom. The molecule has 122 heavy (non-hydrogen) atoms. The van der Waals surface area contributed by atoms with E-state index in [1.807, 2.05) is 357 Å². The molecular weight excluding hydrogens is 1560 g/mol. The largest absolute Gasteiger partial charge is 0.494 e. The van der Waals surface area contributed by atoms with Gasteiger partial charge in [0.05, 0.1) is 11.2 Å². The molecule has 7 heterocycles. The van der Waals surface area contributed by atoms with Crippen molar-refractivity contribution in [1.29, 1.82) is 0 Å². The highest BCUT2D eigenvalue weighted by Crippen LogP contribution is 2.39. The highest BCUT2D eigenvalue weighted by Gasteiger charge is 2.51. The number of hydrogen-bond donors (Lipinski definition) is 0. The summed E-state index contributed by atoms with van der Waals surface area (Å²) >= 11 is 9.67. The molecule has 6 aromatic heterocycles. The van der Waals surface area contributed by atoms with Crippen molar-refractivity contribution in [3.05, 3.63) is 259 Å². The van der Waals surface area contributed by atoms with Crippen molar-refractivity contribution in [2.45, 2.75) is 290 Å². The Bertz CT molecular complexity index is 5120. The molecule has 16 aromatic rings. The van der Waals surface area contributed by atoms with Crippen molar-refractivity contribution < 1.29 is 18.1 Å². The predicted molar refractivity (Wildman–Crippen MR) is 561 cm³/mol. The maximum atomic E-state index is 5.99. The van der Waals surface area contributed by atoms with Crippen molar-refractivity contribution in [1.82, 2.24) is 29.9 Å². The Balaban J connectivity index is -0.000000323. The van der Waals surface area contributed by atoms with Crippen molar-refractivity contribution >= 4 is 131 Å². The van der Waals surface area contributed by atoms with Crippen molar-refractivity contribution in [2.24, 2.45) is 0 Å². The van der Waals surface area contributed by atoms with Crippen LogP contribution >= 0.6 is 34.3 Å². The van der Waals surface area contributed by atoms with Gasteiger partial charge in [-0.15, -0.1) is 22.7 Å². The molecule has 0 radical (unpaired) electrons. The first kappa shape index (κ1) is 123. The van der Waals surface area contributed by atoms with Crippen LogP contribution in [0, 0.1) is 27.7 Å². The Hall–Kier alpha value is -9.47. The summed E-state index contributed by atoms with van der Waals surface area (Å²) in [5, 5.41) is 10.1. The van der Waals surface area contributed by atoms with Crippen LogP contribution in [0.4, 0.5) is 0 Å². The van der Waals surface area contributed by atoms with Crippen LogP contribution in [0.1, 0.15) is 274 Å². The van der Waals surface area contributed by atoms with Crippen LogP contribution in [0.25, 0.3) is 118 Å². The molecular formula is C108H162BClN6O4S2. The van der Waals surface area contributed by atoms with Crippen molar-refractivity contribution in [3.8, 4) is 34.2 Å². The van der Waals surface area contributed by atoms with E-state index in [4.69, 9.17) is 29.7 Å². The Morgan fingerprint density at radius 1 is 0.270 bits per heavy atom. The van der Waals surface area contributed by atoms with Gasteiger partial charge in [-0.25, -0.2) is 24.9 Å². The average molecular weight is 1720 g/mol. The zero-order valence-electron chi connectivity index (χ0n) is 79.0. The fourth-order valence-electron chi connectivity index (χ4n) is 11.0. The average Bonchev–Trinajstić information content (AvgIpc) is 1.62. The van der Waals surface area contributed by atoms with Gasteiger partial charge in [0.15, 0.2) is 17.5 Å². The van der Waals surface area contributed by atoms with Gasteiger partial charge in [0.1, 0.15) is 34.0 Å². The second kappa shape index (κ2) is 70.0. The number of aromatic nitrogens is 6. The van der Waals surface area contributed by atoms with Gasteiger partial charge in [0, 0.05) is 78.6 Å². The minimum Gasteiger partial charge on any atom is -0.456 e. The first-order valence-corrected chi connectivity index (χ1v) is 45.8. The van der Waals surface area contributed by atoms with E-state index >= 15 is 0 Å². The number of fused-ring (bicyclic) bond motifs is 12. The first-order chi connectivity index (χ1) is 57.6. The first-order valence-electron chi connectivity index (χ1n) is 43.8. The van der Waals surface area contributed by atoms with E-state index in [1.165, 1.54) is 51.5 Å². The molecule has 0 saturated carbocycles. The maximum absolute atomic E-state index is 5.99. The third-order valence-corrected chi connectivity index (χ3v) is 19.1. The molecule has 10 nitrogen and oxygen atoms in total. The summed E-state index contributed by atoms with van der Waals surface area (Å²) in [6.45, 7) is 72.3. The molecule has 0 N–H and O–H groups in total. The standard InChI is InChI=1S/C22H15N3O.C16H10ClN3O.2C13H10S.C12H17BO2.14C2H6.4CH4/c1-14-23-21(15-7-3-2-4-8-15)25-22(24-14)16-11-12-18-17-9-5-6-10-19(17)26-20(18)13-16;1-9-18-15(20-16(17)19-9)10-6-7-12-11-4-2-3-5-13(11)21-14(12)8-10;2*1-9-5-4-7-11-10-6-2-3-8-12(10)14-13(9)11;1-11(2)12(3,4)15-13(14-11)10-8-6-5-7-9-10;14*1-2;;;;/h2-13H,1H3;2-8H,1H3;2*2-8H,1H3;5-9H,1-4H3;14*1-2H3;4*1H4. The molecule has 1 aliphatic heterocycles. The lowest BCUT2D eigenvalue weighted by Gasteiger charge is -2.32. The maximum Gasteiger partial charge on any atom is 0.494 e. The highest BCUT2D eigenvalue weighted by molar-refractivity contribution is 7.26. The van der Waals surface area contributed by atoms with E-state index in [0.717, 1.165) is 66.0 Å². The summed E-state index contributed by atoms with van der Waals surface area (Å²) in [5.41, 5.74) is 9.47.